The third-order valence-corrected chi connectivity index (χ3v) is 5.45. The van der Waals surface area contributed by atoms with Crippen molar-refractivity contribution in [1.29, 1.82) is 0 Å². The SMILES string of the molecule is CCOCCCC(O)C1CCCC(S(C)(=O)=O)C1. The molecule has 108 valence electrons. The second-order valence-corrected chi connectivity index (χ2v) is 7.61. The molecule has 0 aliphatic heterocycles. The summed E-state index contributed by atoms with van der Waals surface area (Å²) in [5.74, 6) is 0.139. The highest BCUT2D eigenvalue weighted by molar-refractivity contribution is 7.91. The van der Waals surface area contributed by atoms with E-state index in [0.29, 0.717) is 26.1 Å². The Balaban J connectivity index is 2.36. The molecule has 1 N–H and O–H groups in total. The van der Waals surface area contributed by atoms with E-state index in [2.05, 4.69) is 0 Å². The fourth-order valence-electron chi connectivity index (χ4n) is 2.69. The minimum absolute atomic E-state index is 0.139. The zero-order valence-electron chi connectivity index (χ0n) is 11.5. The lowest BCUT2D eigenvalue weighted by Crippen LogP contribution is -2.33. The topological polar surface area (TPSA) is 63.6 Å². The number of aliphatic hydroxyl groups excluding tert-OH is 1. The van der Waals surface area contributed by atoms with E-state index in [4.69, 9.17) is 4.74 Å². The molecule has 0 radical (unpaired) electrons. The Bertz CT molecular complexity index is 326. The molecule has 0 spiro atoms. The van der Waals surface area contributed by atoms with Gasteiger partial charge >= 0.3 is 0 Å². The largest absolute Gasteiger partial charge is 0.393 e. The van der Waals surface area contributed by atoms with Crippen molar-refractivity contribution < 1.29 is 18.3 Å². The monoisotopic (exact) mass is 278 g/mol. The maximum Gasteiger partial charge on any atom is 0.150 e. The Morgan fingerprint density at radius 2 is 2.11 bits per heavy atom. The predicted molar refractivity (Wildman–Crippen MR) is 72.3 cm³/mol. The summed E-state index contributed by atoms with van der Waals surface area (Å²) in [5.41, 5.74) is 0. The van der Waals surface area contributed by atoms with Crippen LogP contribution in [-0.4, -0.2) is 44.3 Å². The Hall–Kier alpha value is -0.130. The highest BCUT2D eigenvalue weighted by Gasteiger charge is 2.32. The molecular formula is C13H26O4S. The molecule has 0 amide bonds. The Kier molecular flexibility index (Phi) is 6.60. The van der Waals surface area contributed by atoms with Gasteiger partial charge in [-0.2, -0.15) is 0 Å². The standard InChI is InChI=1S/C13H26O4S/c1-3-17-9-5-8-13(14)11-6-4-7-12(10-11)18(2,15)16/h11-14H,3-10H2,1-2H3. The lowest BCUT2D eigenvalue weighted by molar-refractivity contribution is 0.0628. The highest BCUT2D eigenvalue weighted by atomic mass is 32.2. The molecule has 0 heterocycles. The summed E-state index contributed by atoms with van der Waals surface area (Å²) in [6.07, 6.45) is 5.70. The number of rotatable bonds is 7. The van der Waals surface area contributed by atoms with Crippen LogP contribution in [0, 0.1) is 5.92 Å². The Labute approximate surface area is 111 Å². The van der Waals surface area contributed by atoms with E-state index >= 15 is 0 Å². The fraction of sp³-hybridized carbons (Fsp3) is 1.00. The van der Waals surface area contributed by atoms with Gasteiger partial charge in [-0.25, -0.2) is 8.42 Å². The highest BCUT2D eigenvalue weighted by Crippen LogP contribution is 2.31. The van der Waals surface area contributed by atoms with Crippen LogP contribution in [0.25, 0.3) is 0 Å². The Morgan fingerprint density at radius 3 is 2.72 bits per heavy atom. The lowest BCUT2D eigenvalue weighted by Gasteiger charge is -2.31. The minimum Gasteiger partial charge on any atom is -0.393 e. The molecule has 3 unspecified atom stereocenters. The maximum atomic E-state index is 11.6. The van der Waals surface area contributed by atoms with Crippen molar-refractivity contribution in [2.24, 2.45) is 5.92 Å². The molecule has 1 aliphatic carbocycles. The fourth-order valence-corrected chi connectivity index (χ4v) is 3.89. The molecule has 4 nitrogen and oxygen atoms in total. The van der Waals surface area contributed by atoms with E-state index in [1.807, 2.05) is 6.92 Å². The molecule has 0 aromatic carbocycles. The van der Waals surface area contributed by atoms with Crippen molar-refractivity contribution in [3.8, 4) is 0 Å². The first-order chi connectivity index (χ1) is 8.45. The molecule has 1 fully saturated rings. The summed E-state index contributed by atoms with van der Waals surface area (Å²) < 4.78 is 28.3. The van der Waals surface area contributed by atoms with Crippen molar-refractivity contribution in [2.45, 2.75) is 56.8 Å². The summed E-state index contributed by atoms with van der Waals surface area (Å²) in [6.45, 7) is 3.33. The third-order valence-electron chi connectivity index (χ3n) is 3.81. The van der Waals surface area contributed by atoms with E-state index in [-0.39, 0.29) is 17.3 Å². The molecule has 1 saturated carbocycles. The minimum atomic E-state index is -2.96. The van der Waals surface area contributed by atoms with Gasteiger partial charge < -0.3 is 9.84 Å². The van der Waals surface area contributed by atoms with Crippen LogP contribution in [0.2, 0.25) is 0 Å². The van der Waals surface area contributed by atoms with E-state index in [1.165, 1.54) is 6.26 Å². The van der Waals surface area contributed by atoms with Gasteiger partial charge in [0.25, 0.3) is 0 Å². The predicted octanol–water partition coefficient (Wildman–Crippen LogP) is 1.77. The first-order valence-corrected chi connectivity index (χ1v) is 8.85. The summed E-state index contributed by atoms with van der Waals surface area (Å²) in [6, 6.07) is 0. The van der Waals surface area contributed by atoms with Crippen molar-refractivity contribution in [2.75, 3.05) is 19.5 Å². The number of hydrogen-bond acceptors (Lipinski definition) is 4. The second kappa shape index (κ2) is 7.46. The molecule has 0 aromatic rings. The van der Waals surface area contributed by atoms with Gasteiger partial charge in [0.05, 0.1) is 11.4 Å². The summed E-state index contributed by atoms with van der Waals surface area (Å²) in [7, 11) is -2.96. The molecule has 18 heavy (non-hydrogen) atoms. The number of ether oxygens (including phenoxy) is 1. The molecular weight excluding hydrogens is 252 g/mol. The third kappa shape index (κ3) is 5.24. The van der Waals surface area contributed by atoms with Crippen LogP contribution in [0.1, 0.15) is 45.4 Å². The average Bonchev–Trinajstić information content (AvgIpc) is 2.33. The van der Waals surface area contributed by atoms with Crippen molar-refractivity contribution in [3.63, 3.8) is 0 Å². The average molecular weight is 278 g/mol. The number of sulfone groups is 1. The molecule has 0 aromatic heterocycles. The summed E-state index contributed by atoms with van der Waals surface area (Å²) >= 11 is 0. The smallest absolute Gasteiger partial charge is 0.150 e. The van der Waals surface area contributed by atoms with Crippen molar-refractivity contribution in [1.82, 2.24) is 0 Å². The zero-order chi connectivity index (χ0) is 13.6. The number of hydrogen-bond donors (Lipinski definition) is 1. The van der Waals surface area contributed by atoms with Crippen LogP contribution >= 0.6 is 0 Å². The first kappa shape index (κ1) is 15.9. The normalized spacial score (nSPS) is 27.1. The maximum absolute atomic E-state index is 11.6. The van der Waals surface area contributed by atoms with Gasteiger partial charge in [0.2, 0.25) is 0 Å². The number of aliphatic hydroxyl groups is 1. The van der Waals surface area contributed by atoms with Gasteiger partial charge in [0.1, 0.15) is 9.84 Å². The van der Waals surface area contributed by atoms with Crippen LogP contribution < -0.4 is 0 Å². The van der Waals surface area contributed by atoms with Crippen LogP contribution in [-0.2, 0) is 14.6 Å². The van der Waals surface area contributed by atoms with Crippen LogP contribution in [0.4, 0.5) is 0 Å². The van der Waals surface area contributed by atoms with E-state index < -0.39 is 9.84 Å². The first-order valence-electron chi connectivity index (χ1n) is 6.89. The van der Waals surface area contributed by atoms with Gasteiger partial charge in [0, 0.05) is 19.5 Å². The van der Waals surface area contributed by atoms with Gasteiger partial charge in [-0.3, -0.25) is 0 Å². The molecule has 1 aliphatic rings. The van der Waals surface area contributed by atoms with Gasteiger partial charge in [-0.05, 0) is 44.9 Å². The molecule has 1 rings (SSSR count). The van der Waals surface area contributed by atoms with Gasteiger partial charge in [-0.15, -0.1) is 0 Å². The second-order valence-electron chi connectivity index (χ2n) is 5.28. The Morgan fingerprint density at radius 1 is 1.39 bits per heavy atom. The van der Waals surface area contributed by atoms with Crippen LogP contribution in [0.3, 0.4) is 0 Å². The molecule has 5 heteroatoms. The summed E-state index contributed by atoms with van der Waals surface area (Å²) in [4.78, 5) is 0. The zero-order valence-corrected chi connectivity index (χ0v) is 12.3. The van der Waals surface area contributed by atoms with Gasteiger partial charge in [-0.1, -0.05) is 6.42 Å². The quantitative estimate of drug-likeness (QED) is 0.721. The molecule has 3 atom stereocenters. The van der Waals surface area contributed by atoms with Crippen molar-refractivity contribution in [3.05, 3.63) is 0 Å². The summed E-state index contributed by atoms with van der Waals surface area (Å²) in [5, 5.41) is 9.85. The molecule has 0 saturated heterocycles. The lowest BCUT2D eigenvalue weighted by atomic mass is 9.83. The van der Waals surface area contributed by atoms with E-state index in [9.17, 15) is 13.5 Å². The van der Waals surface area contributed by atoms with Crippen LogP contribution in [0.15, 0.2) is 0 Å². The molecule has 0 bridgehead atoms. The van der Waals surface area contributed by atoms with Crippen molar-refractivity contribution >= 4 is 9.84 Å². The van der Waals surface area contributed by atoms with Crippen LogP contribution in [0.5, 0.6) is 0 Å². The van der Waals surface area contributed by atoms with E-state index in [0.717, 1.165) is 25.7 Å². The van der Waals surface area contributed by atoms with E-state index in [1.54, 1.807) is 0 Å². The van der Waals surface area contributed by atoms with Gasteiger partial charge in [0.15, 0.2) is 0 Å².